The maximum atomic E-state index is 10.7. The predicted molar refractivity (Wildman–Crippen MR) is 108 cm³/mol. The van der Waals surface area contributed by atoms with Crippen molar-refractivity contribution in [1.29, 1.82) is 0 Å². The van der Waals surface area contributed by atoms with Crippen molar-refractivity contribution in [2.24, 2.45) is 0 Å². The zero-order valence-electron chi connectivity index (χ0n) is 15.5. The number of benzene rings is 2. The first-order valence-electron chi connectivity index (χ1n) is 8.67. The molecule has 2 rings (SSSR count). The molecule has 2 aromatic rings. The van der Waals surface area contributed by atoms with Crippen LogP contribution in [0.2, 0.25) is 0 Å². The van der Waals surface area contributed by atoms with E-state index in [1.165, 1.54) is 12.1 Å². The van der Waals surface area contributed by atoms with Crippen molar-refractivity contribution in [2.45, 2.75) is 13.2 Å². The molecule has 0 heterocycles. The van der Waals surface area contributed by atoms with E-state index in [0.29, 0.717) is 37.8 Å². The van der Waals surface area contributed by atoms with Gasteiger partial charge in [-0.15, -0.1) is 0 Å². The van der Waals surface area contributed by atoms with Gasteiger partial charge in [0.05, 0.1) is 31.9 Å². The Balaban J connectivity index is 1.95. The van der Waals surface area contributed by atoms with Gasteiger partial charge in [-0.3, -0.25) is 10.1 Å². The Morgan fingerprint density at radius 2 is 1.93 bits per heavy atom. The third-order valence-corrected chi connectivity index (χ3v) is 4.59. The van der Waals surface area contributed by atoms with Crippen LogP contribution in [-0.4, -0.2) is 43.5 Å². The van der Waals surface area contributed by atoms with Crippen LogP contribution in [0.25, 0.3) is 0 Å². The van der Waals surface area contributed by atoms with Gasteiger partial charge in [0.1, 0.15) is 6.61 Å². The Morgan fingerprint density at radius 3 is 2.57 bits per heavy atom. The number of ether oxygens (including phenoxy) is 3. The van der Waals surface area contributed by atoms with Crippen molar-refractivity contribution >= 4 is 21.6 Å². The molecule has 0 saturated carbocycles. The number of nitro groups is 1. The van der Waals surface area contributed by atoms with Gasteiger partial charge in [0, 0.05) is 29.7 Å². The summed E-state index contributed by atoms with van der Waals surface area (Å²) in [5.74, 6) is 1.17. The van der Waals surface area contributed by atoms with Crippen LogP contribution in [-0.2, 0) is 17.9 Å². The van der Waals surface area contributed by atoms with Gasteiger partial charge in [-0.1, -0.05) is 15.9 Å². The van der Waals surface area contributed by atoms with Gasteiger partial charge in [0.2, 0.25) is 0 Å². The number of non-ortho nitro benzene ring substituents is 1. The highest BCUT2D eigenvalue weighted by molar-refractivity contribution is 9.10. The molecule has 0 aliphatic carbocycles. The summed E-state index contributed by atoms with van der Waals surface area (Å²) >= 11 is 3.54. The van der Waals surface area contributed by atoms with E-state index in [1.807, 2.05) is 12.1 Å². The molecule has 0 saturated heterocycles. The number of nitrogens with one attached hydrogen (secondary N) is 1. The fourth-order valence-electron chi connectivity index (χ4n) is 2.39. The number of halogens is 1. The van der Waals surface area contributed by atoms with Gasteiger partial charge in [0.25, 0.3) is 5.69 Å². The summed E-state index contributed by atoms with van der Waals surface area (Å²) in [4.78, 5) is 10.3. The maximum absolute atomic E-state index is 10.7. The summed E-state index contributed by atoms with van der Waals surface area (Å²) in [6.45, 7) is 2.41. The molecule has 0 aromatic heterocycles. The molecule has 0 radical (unpaired) electrons. The lowest BCUT2D eigenvalue weighted by atomic mass is 10.2. The van der Waals surface area contributed by atoms with E-state index in [2.05, 4.69) is 21.2 Å². The molecule has 0 atom stereocenters. The highest BCUT2D eigenvalue weighted by Crippen LogP contribution is 2.34. The van der Waals surface area contributed by atoms with Gasteiger partial charge >= 0.3 is 0 Å². The van der Waals surface area contributed by atoms with Gasteiger partial charge < -0.3 is 24.6 Å². The van der Waals surface area contributed by atoms with E-state index in [1.54, 1.807) is 19.2 Å². The topological polar surface area (TPSA) is 103 Å². The van der Waals surface area contributed by atoms with E-state index in [0.717, 1.165) is 15.6 Å². The molecule has 2 N–H and O–H groups in total. The fourth-order valence-corrected chi connectivity index (χ4v) is 2.86. The summed E-state index contributed by atoms with van der Waals surface area (Å²) in [6, 6.07) is 9.95. The molecule has 0 aliphatic rings. The first-order chi connectivity index (χ1) is 13.5. The Bertz CT molecular complexity index is 770. The van der Waals surface area contributed by atoms with Crippen LogP contribution in [0.3, 0.4) is 0 Å². The van der Waals surface area contributed by atoms with Gasteiger partial charge in [-0.25, -0.2) is 0 Å². The van der Waals surface area contributed by atoms with E-state index in [4.69, 9.17) is 19.3 Å². The van der Waals surface area contributed by atoms with Crippen LogP contribution in [0.4, 0.5) is 5.69 Å². The third kappa shape index (κ3) is 6.75. The van der Waals surface area contributed by atoms with Crippen molar-refractivity contribution in [3.8, 4) is 11.5 Å². The number of rotatable bonds is 12. The van der Waals surface area contributed by atoms with E-state index >= 15 is 0 Å². The zero-order valence-corrected chi connectivity index (χ0v) is 17.1. The normalized spacial score (nSPS) is 10.7. The van der Waals surface area contributed by atoms with Crippen molar-refractivity contribution < 1.29 is 24.2 Å². The van der Waals surface area contributed by atoms with Crippen molar-refractivity contribution in [3.05, 3.63) is 62.1 Å². The molecule has 8 nitrogen and oxygen atoms in total. The molecule has 2 aromatic carbocycles. The summed E-state index contributed by atoms with van der Waals surface area (Å²) in [5.41, 5.74) is 1.86. The van der Waals surface area contributed by atoms with E-state index in [9.17, 15) is 10.1 Å². The van der Waals surface area contributed by atoms with Crippen LogP contribution in [0.15, 0.2) is 40.9 Å². The average Bonchev–Trinajstić information content (AvgIpc) is 2.70. The minimum Gasteiger partial charge on any atom is -0.493 e. The molecular weight excluding hydrogens is 432 g/mol. The molecule has 0 fully saturated rings. The van der Waals surface area contributed by atoms with Gasteiger partial charge in [0.15, 0.2) is 11.5 Å². The Morgan fingerprint density at radius 1 is 1.18 bits per heavy atom. The average molecular weight is 455 g/mol. The summed E-state index contributed by atoms with van der Waals surface area (Å²) < 4.78 is 17.3. The molecule has 0 amide bonds. The number of methoxy groups -OCH3 is 1. The molecule has 152 valence electrons. The van der Waals surface area contributed by atoms with Gasteiger partial charge in [-0.2, -0.15) is 0 Å². The Hall–Kier alpha value is -2.20. The second-order valence-corrected chi connectivity index (χ2v) is 6.67. The number of aliphatic hydroxyl groups is 1. The Labute approximate surface area is 171 Å². The maximum Gasteiger partial charge on any atom is 0.269 e. The predicted octanol–water partition coefficient (Wildman–Crippen LogP) is 3.04. The lowest BCUT2D eigenvalue weighted by Crippen LogP contribution is -2.20. The summed E-state index contributed by atoms with van der Waals surface area (Å²) in [6.07, 6.45) is 0. The van der Waals surface area contributed by atoms with Crippen LogP contribution in [0.1, 0.15) is 11.1 Å². The van der Waals surface area contributed by atoms with Crippen molar-refractivity contribution in [3.63, 3.8) is 0 Å². The van der Waals surface area contributed by atoms with Crippen LogP contribution < -0.4 is 14.8 Å². The summed E-state index contributed by atoms with van der Waals surface area (Å²) in [5, 5.41) is 22.6. The number of aliphatic hydroxyl groups excluding tert-OH is 1. The first-order valence-corrected chi connectivity index (χ1v) is 9.46. The van der Waals surface area contributed by atoms with Crippen molar-refractivity contribution in [1.82, 2.24) is 5.32 Å². The van der Waals surface area contributed by atoms with Crippen LogP contribution in [0, 0.1) is 10.1 Å². The zero-order chi connectivity index (χ0) is 20.4. The van der Waals surface area contributed by atoms with Crippen LogP contribution in [0.5, 0.6) is 11.5 Å². The van der Waals surface area contributed by atoms with Gasteiger partial charge in [-0.05, 0) is 35.4 Å². The van der Waals surface area contributed by atoms with E-state index in [-0.39, 0.29) is 18.9 Å². The first kappa shape index (κ1) is 22.1. The lowest BCUT2D eigenvalue weighted by Gasteiger charge is -2.14. The molecular formula is C19H23BrN2O6. The van der Waals surface area contributed by atoms with E-state index < -0.39 is 4.92 Å². The van der Waals surface area contributed by atoms with Crippen molar-refractivity contribution in [2.75, 3.05) is 33.5 Å². The molecule has 0 bridgehead atoms. The number of hydrogen-bond donors (Lipinski definition) is 2. The molecule has 0 unspecified atom stereocenters. The molecule has 28 heavy (non-hydrogen) atoms. The molecule has 9 heteroatoms. The SMILES string of the molecule is COc1cc(CNCCOCCO)c(Br)cc1OCc1ccc([N+](=O)[O-])cc1. The molecule has 0 spiro atoms. The standard InChI is InChI=1S/C19H23BrN2O6/c1-26-18-10-15(12-21-6-8-27-9-7-23)17(20)11-19(18)28-13-14-2-4-16(5-3-14)22(24)25/h2-5,10-11,21,23H,6-9,12-13H2,1H3. The summed E-state index contributed by atoms with van der Waals surface area (Å²) in [7, 11) is 1.57. The minimum absolute atomic E-state index is 0.0179. The number of nitrogens with zero attached hydrogens (tertiary/aromatic N) is 1. The monoisotopic (exact) mass is 454 g/mol. The highest BCUT2D eigenvalue weighted by Gasteiger charge is 2.11. The second-order valence-electron chi connectivity index (χ2n) is 5.82. The number of nitro benzene ring substituents is 1. The highest BCUT2D eigenvalue weighted by atomic mass is 79.9. The quantitative estimate of drug-likeness (QED) is 0.288. The molecule has 0 aliphatic heterocycles. The Kier molecular flexibility index (Phi) is 9.15. The lowest BCUT2D eigenvalue weighted by molar-refractivity contribution is -0.384. The largest absolute Gasteiger partial charge is 0.493 e. The second kappa shape index (κ2) is 11.6. The number of hydrogen-bond acceptors (Lipinski definition) is 7. The third-order valence-electron chi connectivity index (χ3n) is 3.85. The van der Waals surface area contributed by atoms with Crippen LogP contribution >= 0.6 is 15.9 Å². The fraction of sp³-hybridized carbons (Fsp3) is 0.368. The smallest absolute Gasteiger partial charge is 0.269 e. The minimum atomic E-state index is -0.434.